The molecular formula is C13H13N5O2. The largest absolute Gasteiger partial charge is 0.480 e. The predicted molar refractivity (Wildman–Crippen MR) is 72.5 cm³/mol. The van der Waals surface area contributed by atoms with E-state index in [-0.39, 0.29) is 11.6 Å². The van der Waals surface area contributed by atoms with Crippen LogP contribution in [0.1, 0.15) is 23.0 Å². The topological polar surface area (TPSA) is 89.4 Å². The highest BCUT2D eigenvalue weighted by atomic mass is 16.5. The molecule has 20 heavy (non-hydrogen) atoms. The molecule has 0 atom stereocenters. The highest BCUT2D eigenvalue weighted by Crippen LogP contribution is 2.04. The number of ether oxygens (including phenoxy) is 1. The second-order valence-electron chi connectivity index (χ2n) is 3.83. The first-order valence-electron chi connectivity index (χ1n) is 5.82. The number of carbonyl (C=O) groups is 1. The summed E-state index contributed by atoms with van der Waals surface area (Å²) in [6, 6.07) is 3.65. The number of hydrogen-bond donors (Lipinski definition) is 1. The van der Waals surface area contributed by atoms with Gasteiger partial charge in [-0.15, -0.1) is 0 Å². The van der Waals surface area contributed by atoms with E-state index in [1.54, 1.807) is 25.4 Å². The van der Waals surface area contributed by atoms with Crippen molar-refractivity contribution in [3.05, 3.63) is 48.2 Å². The molecule has 1 amide bonds. The lowest BCUT2D eigenvalue weighted by Gasteiger charge is -2.03. The molecule has 0 fully saturated rings. The quantitative estimate of drug-likeness (QED) is 0.662. The third-order valence-corrected chi connectivity index (χ3v) is 2.46. The maximum absolute atomic E-state index is 11.9. The minimum Gasteiger partial charge on any atom is -0.480 e. The molecule has 7 nitrogen and oxygen atoms in total. The van der Waals surface area contributed by atoms with Crippen molar-refractivity contribution in [3.63, 3.8) is 0 Å². The van der Waals surface area contributed by atoms with Crippen molar-refractivity contribution in [2.24, 2.45) is 5.10 Å². The Bertz CT molecular complexity index is 628. The van der Waals surface area contributed by atoms with E-state index in [2.05, 4.69) is 25.5 Å². The van der Waals surface area contributed by atoms with Crippen LogP contribution in [0.25, 0.3) is 0 Å². The maximum Gasteiger partial charge on any atom is 0.291 e. The molecule has 2 aromatic heterocycles. The van der Waals surface area contributed by atoms with Gasteiger partial charge in [-0.3, -0.25) is 14.8 Å². The molecule has 0 spiro atoms. The standard InChI is InChI=1S/C13H13N5O2/c1-9(10-4-3-5-14-6-10)17-18-13(19)11-7-15-8-12(16-11)20-2/h3-8H,1-2H3,(H,18,19)/b17-9-. The lowest BCUT2D eigenvalue weighted by molar-refractivity contribution is 0.0948. The molecule has 0 saturated heterocycles. The minimum atomic E-state index is -0.459. The zero-order valence-electron chi connectivity index (χ0n) is 11.1. The summed E-state index contributed by atoms with van der Waals surface area (Å²) in [5.74, 6) is -0.190. The van der Waals surface area contributed by atoms with E-state index < -0.39 is 5.91 Å². The van der Waals surface area contributed by atoms with Gasteiger partial charge in [-0.1, -0.05) is 6.07 Å². The molecule has 0 aliphatic rings. The van der Waals surface area contributed by atoms with E-state index in [1.807, 2.05) is 6.07 Å². The zero-order chi connectivity index (χ0) is 14.4. The van der Waals surface area contributed by atoms with Crippen LogP contribution < -0.4 is 10.2 Å². The predicted octanol–water partition coefficient (Wildman–Crippen LogP) is 1.03. The normalized spacial score (nSPS) is 11.0. The van der Waals surface area contributed by atoms with Crippen molar-refractivity contribution in [3.8, 4) is 5.88 Å². The maximum atomic E-state index is 11.9. The number of nitrogens with zero attached hydrogens (tertiary/aromatic N) is 4. The van der Waals surface area contributed by atoms with Crippen LogP contribution in [0.2, 0.25) is 0 Å². The number of amides is 1. The van der Waals surface area contributed by atoms with Gasteiger partial charge in [0.25, 0.3) is 5.91 Å². The van der Waals surface area contributed by atoms with Gasteiger partial charge in [0.05, 0.1) is 25.2 Å². The number of aromatic nitrogens is 3. The molecule has 0 aliphatic heterocycles. The number of carbonyl (C=O) groups excluding carboxylic acids is 1. The van der Waals surface area contributed by atoms with Gasteiger partial charge in [0.1, 0.15) is 0 Å². The Hall–Kier alpha value is -2.83. The van der Waals surface area contributed by atoms with Crippen molar-refractivity contribution in [1.29, 1.82) is 0 Å². The van der Waals surface area contributed by atoms with Gasteiger partial charge in [0.15, 0.2) is 5.69 Å². The van der Waals surface area contributed by atoms with E-state index >= 15 is 0 Å². The van der Waals surface area contributed by atoms with Gasteiger partial charge in [0.2, 0.25) is 5.88 Å². The van der Waals surface area contributed by atoms with Crippen LogP contribution in [0.4, 0.5) is 0 Å². The molecule has 0 bridgehead atoms. The van der Waals surface area contributed by atoms with E-state index in [0.29, 0.717) is 5.71 Å². The number of nitrogens with one attached hydrogen (secondary N) is 1. The fraction of sp³-hybridized carbons (Fsp3) is 0.154. The van der Waals surface area contributed by atoms with E-state index in [4.69, 9.17) is 4.74 Å². The molecule has 102 valence electrons. The average molecular weight is 271 g/mol. The average Bonchev–Trinajstić information content (AvgIpc) is 2.53. The monoisotopic (exact) mass is 271 g/mol. The summed E-state index contributed by atoms with van der Waals surface area (Å²) < 4.78 is 4.90. The molecular weight excluding hydrogens is 258 g/mol. The molecule has 2 heterocycles. The third kappa shape index (κ3) is 3.35. The van der Waals surface area contributed by atoms with Crippen LogP contribution in [-0.4, -0.2) is 33.7 Å². The number of hydrogen-bond acceptors (Lipinski definition) is 6. The van der Waals surface area contributed by atoms with E-state index in [9.17, 15) is 4.79 Å². The van der Waals surface area contributed by atoms with Crippen molar-refractivity contribution >= 4 is 11.6 Å². The van der Waals surface area contributed by atoms with E-state index in [0.717, 1.165) is 5.56 Å². The molecule has 2 aromatic rings. The van der Waals surface area contributed by atoms with Crippen molar-refractivity contribution in [2.75, 3.05) is 7.11 Å². The second-order valence-corrected chi connectivity index (χ2v) is 3.83. The summed E-state index contributed by atoms with van der Waals surface area (Å²) in [6.07, 6.45) is 6.09. The summed E-state index contributed by atoms with van der Waals surface area (Å²) >= 11 is 0. The summed E-state index contributed by atoms with van der Waals surface area (Å²) in [6.45, 7) is 1.77. The van der Waals surface area contributed by atoms with Crippen LogP contribution in [0.5, 0.6) is 5.88 Å². The molecule has 0 aliphatic carbocycles. The van der Waals surface area contributed by atoms with Gasteiger partial charge in [-0.25, -0.2) is 10.4 Å². The fourth-order valence-electron chi connectivity index (χ4n) is 1.39. The molecule has 7 heteroatoms. The fourth-order valence-corrected chi connectivity index (χ4v) is 1.39. The molecule has 2 rings (SSSR count). The first-order valence-corrected chi connectivity index (χ1v) is 5.82. The Balaban J connectivity index is 2.08. The Kier molecular flexibility index (Phi) is 4.33. The van der Waals surface area contributed by atoms with Crippen molar-refractivity contribution in [1.82, 2.24) is 20.4 Å². The highest BCUT2D eigenvalue weighted by Gasteiger charge is 2.08. The molecule has 0 saturated carbocycles. The second kappa shape index (κ2) is 6.37. The number of methoxy groups -OCH3 is 1. The lowest BCUT2D eigenvalue weighted by Crippen LogP contribution is -2.21. The SMILES string of the molecule is COc1cncc(C(=O)N/N=C(/C)c2cccnc2)n1. The summed E-state index contributed by atoms with van der Waals surface area (Å²) in [4.78, 5) is 23.7. The molecule has 0 aromatic carbocycles. The summed E-state index contributed by atoms with van der Waals surface area (Å²) in [5, 5.41) is 3.99. The minimum absolute atomic E-state index is 0.132. The van der Waals surface area contributed by atoms with Crippen LogP contribution in [0.15, 0.2) is 42.0 Å². The summed E-state index contributed by atoms with van der Waals surface area (Å²) in [5.41, 5.74) is 4.01. The van der Waals surface area contributed by atoms with Crippen LogP contribution in [-0.2, 0) is 0 Å². The van der Waals surface area contributed by atoms with E-state index in [1.165, 1.54) is 19.5 Å². The van der Waals surface area contributed by atoms with Gasteiger partial charge in [-0.05, 0) is 13.0 Å². The summed E-state index contributed by atoms with van der Waals surface area (Å²) in [7, 11) is 1.45. The van der Waals surface area contributed by atoms with Gasteiger partial charge < -0.3 is 4.74 Å². The van der Waals surface area contributed by atoms with Crippen LogP contribution in [0.3, 0.4) is 0 Å². The molecule has 0 radical (unpaired) electrons. The van der Waals surface area contributed by atoms with Gasteiger partial charge >= 0.3 is 0 Å². The zero-order valence-corrected chi connectivity index (χ0v) is 11.1. The lowest BCUT2D eigenvalue weighted by atomic mass is 10.2. The van der Waals surface area contributed by atoms with Crippen molar-refractivity contribution in [2.45, 2.75) is 6.92 Å². The van der Waals surface area contributed by atoms with Crippen LogP contribution in [0, 0.1) is 0 Å². The number of hydrazone groups is 1. The van der Waals surface area contributed by atoms with Crippen molar-refractivity contribution < 1.29 is 9.53 Å². The Morgan fingerprint density at radius 3 is 2.85 bits per heavy atom. The first kappa shape index (κ1) is 13.6. The Labute approximate surface area is 115 Å². The third-order valence-electron chi connectivity index (χ3n) is 2.46. The first-order chi connectivity index (χ1) is 9.70. The van der Waals surface area contributed by atoms with Gasteiger partial charge in [0, 0.05) is 18.0 Å². The smallest absolute Gasteiger partial charge is 0.291 e. The highest BCUT2D eigenvalue weighted by molar-refractivity contribution is 6.00. The van der Waals surface area contributed by atoms with Crippen LogP contribution >= 0.6 is 0 Å². The number of rotatable bonds is 4. The molecule has 1 N–H and O–H groups in total. The Morgan fingerprint density at radius 1 is 1.30 bits per heavy atom. The van der Waals surface area contributed by atoms with Gasteiger partial charge in [-0.2, -0.15) is 5.10 Å². The number of pyridine rings is 1. The molecule has 0 unspecified atom stereocenters. The Morgan fingerprint density at radius 2 is 2.15 bits per heavy atom.